The lowest BCUT2D eigenvalue weighted by Crippen LogP contribution is -2.35. The molecule has 0 saturated carbocycles. The number of carboxylic acids is 1. The number of nitrogens with zero attached hydrogens (tertiary/aromatic N) is 2. The maximum Gasteiger partial charge on any atom is 0.323 e. The van der Waals surface area contributed by atoms with Crippen LogP contribution in [-0.2, 0) is 4.79 Å². The summed E-state index contributed by atoms with van der Waals surface area (Å²) >= 11 is 5.95. The van der Waals surface area contributed by atoms with E-state index in [1.807, 2.05) is 19.1 Å². The SMILES string of the molecule is Cc1ccc(N(CC(=O)O)C(=O)c2ccncc2Cl)cc1. The molecule has 108 valence electrons. The predicted molar refractivity (Wildman–Crippen MR) is 79.7 cm³/mol. The molecule has 2 rings (SSSR count). The number of hydrogen-bond acceptors (Lipinski definition) is 3. The maximum absolute atomic E-state index is 12.5. The number of carboxylic acid groups (broad SMARTS) is 1. The van der Waals surface area contributed by atoms with Crippen molar-refractivity contribution in [2.24, 2.45) is 0 Å². The minimum Gasteiger partial charge on any atom is -0.480 e. The number of aromatic nitrogens is 1. The molecule has 0 bridgehead atoms. The van der Waals surface area contributed by atoms with Crippen molar-refractivity contribution in [3.05, 3.63) is 58.9 Å². The van der Waals surface area contributed by atoms with Gasteiger partial charge in [-0.2, -0.15) is 0 Å². The van der Waals surface area contributed by atoms with Gasteiger partial charge in [0.2, 0.25) is 0 Å². The Labute approximate surface area is 126 Å². The number of pyridine rings is 1. The Bertz CT molecular complexity index is 671. The molecule has 0 unspecified atom stereocenters. The van der Waals surface area contributed by atoms with Crippen molar-refractivity contribution < 1.29 is 14.7 Å². The number of carbonyl (C=O) groups excluding carboxylic acids is 1. The van der Waals surface area contributed by atoms with Crippen molar-refractivity contribution >= 4 is 29.2 Å². The van der Waals surface area contributed by atoms with Crippen molar-refractivity contribution in [3.63, 3.8) is 0 Å². The molecule has 1 N–H and O–H groups in total. The first kappa shape index (κ1) is 15.0. The number of rotatable bonds is 4. The number of hydrogen-bond donors (Lipinski definition) is 1. The molecule has 2 aromatic rings. The van der Waals surface area contributed by atoms with Gasteiger partial charge in [-0.3, -0.25) is 19.5 Å². The quantitative estimate of drug-likeness (QED) is 0.943. The summed E-state index contributed by atoms with van der Waals surface area (Å²) in [5, 5.41) is 9.21. The number of carbonyl (C=O) groups is 2. The van der Waals surface area contributed by atoms with E-state index in [4.69, 9.17) is 16.7 Å². The molecule has 1 aromatic heterocycles. The van der Waals surface area contributed by atoms with E-state index < -0.39 is 18.4 Å². The number of aryl methyl sites for hydroxylation is 1. The predicted octanol–water partition coefficient (Wildman–Crippen LogP) is 2.77. The largest absolute Gasteiger partial charge is 0.480 e. The molecule has 1 amide bonds. The number of halogens is 1. The fourth-order valence-corrected chi connectivity index (χ4v) is 2.03. The highest BCUT2D eigenvalue weighted by molar-refractivity contribution is 6.34. The van der Waals surface area contributed by atoms with Crippen molar-refractivity contribution in [3.8, 4) is 0 Å². The van der Waals surface area contributed by atoms with Crippen LogP contribution >= 0.6 is 11.6 Å². The third-order valence-corrected chi connectivity index (χ3v) is 3.19. The van der Waals surface area contributed by atoms with E-state index in [1.54, 1.807) is 12.1 Å². The summed E-state index contributed by atoms with van der Waals surface area (Å²) < 4.78 is 0. The van der Waals surface area contributed by atoms with E-state index in [0.29, 0.717) is 5.69 Å². The molecule has 1 aromatic carbocycles. The first-order valence-corrected chi connectivity index (χ1v) is 6.56. The third kappa shape index (κ3) is 3.58. The lowest BCUT2D eigenvalue weighted by Gasteiger charge is -2.21. The summed E-state index contributed by atoms with van der Waals surface area (Å²) in [6.07, 6.45) is 2.79. The van der Waals surface area contributed by atoms with E-state index in [9.17, 15) is 9.59 Å². The Kier molecular flexibility index (Phi) is 4.55. The summed E-state index contributed by atoms with van der Waals surface area (Å²) in [6, 6.07) is 8.49. The van der Waals surface area contributed by atoms with Crippen LogP contribution in [0.25, 0.3) is 0 Å². The second-order valence-electron chi connectivity index (χ2n) is 4.48. The maximum atomic E-state index is 12.5. The number of benzene rings is 1. The molecule has 6 heteroatoms. The van der Waals surface area contributed by atoms with E-state index in [1.165, 1.54) is 23.4 Å². The average molecular weight is 305 g/mol. The van der Waals surface area contributed by atoms with Gasteiger partial charge in [-0.1, -0.05) is 29.3 Å². The lowest BCUT2D eigenvalue weighted by molar-refractivity contribution is -0.135. The van der Waals surface area contributed by atoms with Crippen molar-refractivity contribution in [1.82, 2.24) is 4.98 Å². The summed E-state index contributed by atoms with van der Waals surface area (Å²) in [7, 11) is 0. The molecule has 1 heterocycles. The first-order valence-electron chi connectivity index (χ1n) is 6.19. The Balaban J connectivity index is 2.40. The third-order valence-electron chi connectivity index (χ3n) is 2.89. The topological polar surface area (TPSA) is 70.5 Å². The van der Waals surface area contributed by atoms with Gasteiger partial charge < -0.3 is 5.11 Å². The van der Waals surface area contributed by atoms with Crippen LogP contribution in [0.15, 0.2) is 42.7 Å². The van der Waals surface area contributed by atoms with Gasteiger partial charge in [0.15, 0.2) is 0 Å². The lowest BCUT2D eigenvalue weighted by atomic mass is 10.1. The van der Waals surface area contributed by atoms with Gasteiger partial charge in [0, 0.05) is 18.1 Å². The van der Waals surface area contributed by atoms with E-state index in [2.05, 4.69) is 4.98 Å². The highest BCUT2D eigenvalue weighted by Gasteiger charge is 2.22. The molecule has 5 nitrogen and oxygen atoms in total. The van der Waals surface area contributed by atoms with Crippen LogP contribution in [0.3, 0.4) is 0 Å². The van der Waals surface area contributed by atoms with Gasteiger partial charge >= 0.3 is 5.97 Å². The Morgan fingerprint density at radius 2 is 1.90 bits per heavy atom. The smallest absolute Gasteiger partial charge is 0.323 e. The normalized spacial score (nSPS) is 10.2. The van der Waals surface area contributed by atoms with Crippen LogP contribution in [0.5, 0.6) is 0 Å². The molecule has 0 atom stereocenters. The average Bonchev–Trinajstić information content (AvgIpc) is 2.45. The summed E-state index contributed by atoms with van der Waals surface area (Å²) in [4.78, 5) is 28.6. The van der Waals surface area contributed by atoms with Crippen molar-refractivity contribution in [2.75, 3.05) is 11.4 Å². The van der Waals surface area contributed by atoms with Crippen LogP contribution in [0.1, 0.15) is 15.9 Å². The second-order valence-corrected chi connectivity index (χ2v) is 4.88. The molecular weight excluding hydrogens is 292 g/mol. The number of anilines is 1. The summed E-state index contributed by atoms with van der Waals surface area (Å²) in [6.45, 7) is 1.47. The molecule has 0 aliphatic rings. The highest BCUT2D eigenvalue weighted by Crippen LogP contribution is 2.21. The van der Waals surface area contributed by atoms with E-state index in [0.717, 1.165) is 5.56 Å². The molecular formula is C15H13ClN2O3. The Hall–Kier alpha value is -2.40. The molecule has 0 fully saturated rings. The van der Waals surface area contributed by atoms with Crippen LogP contribution in [0.2, 0.25) is 5.02 Å². The van der Waals surface area contributed by atoms with Gasteiger partial charge in [0.1, 0.15) is 6.54 Å². The molecule has 0 aliphatic heterocycles. The zero-order chi connectivity index (χ0) is 15.4. The molecule has 0 spiro atoms. The monoisotopic (exact) mass is 304 g/mol. The number of aliphatic carboxylic acids is 1. The molecule has 0 aliphatic carbocycles. The van der Waals surface area contributed by atoms with Gasteiger partial charge in [-0.05, 0) is 25.1 Å². The standard InChI is InChI=1S/C15H13ClN2O3/c1-10-2-4-11(5-3-10)18(9-14(19)20)15(21)12-6-7-17-8-13(12)16/h2-8H,9H2,1H3,(H,19,20). The van der Waals surface area contributed by atoms with Crippen molar-refractivity contribution in [2.45, 2.75) is 6.92 Å². The zero-order valence-corrected chi connectivity index (χ0v) is 12.0. The van der Waals surface area contributed by atoms with Gasteiger partial charge in [0.25, 0.3) is 5.91 Å². The van der Waals surface area contributed by atoms with E-state index >= 15 is 0 Å². The minimum atomic E-state index is -1.10. The number of amides is 1. The van der Waals surface area contributed by atoms with Gasteiger partial charge in [-0.15, -0.1) is 0 Å². The van der Waals surface area contributed by atoms with Gasteiger partial charge in [-0.25, -0.2) is 0 Å². The first-order chi connectivity index (χ1) is 9.99. The summed E-state index contributed by atoms with van der Waals surface area (Å²) in [5.41, 5.74) is 1.73. The zero-order valence-electron chi connectivity index (χ0n) is 11.3. The van der Waals surface area contributed by atoms with Crippen LogP contribution in [0, 0.1) is 6.92 Å². The fourth-order valence-electron chi connectivity index (χ4n) is 1.83. The molecule has 21 heavy (non-hydrogen) atoms. The van der Waals surface area contributed by atoms with Crippen LogP contribution < -0.4 is 4.90 Å². The molecule has 0 radical (unpaired) electrons. The highest BCUT2D eigenvalue weighted by atomic mass is 35.5. The van der Waals surface area contributed by atoms with Gasteiger partial charge in [0.05, 0.1) is 10.6 Å². The van der Waals surface area contributed by atoms with Crippen molar-refractivity contribution in [1.29, 1.82) is 0 Å². The summed E-state index contributed by atoms with van der Waals surface area (Å²) in [5.74, 6) is -1.58. The molecule has 0 saturated heterocycles. The fraction of sp³-hybridized carbons (Fsp3) is 0.133. The van der Waals surface area contributed by atoms with E-state index in [-0.39, 0.29) is 10.6 Å². The van der Waals surface area contributed by atoms with Crippen LogP contribution in [-0.4, -0.2) is 28.5 Å². The second kappa shape index (κ2) is 6.37. The Morgan fingerprint density at radius 3 is 2.48 bits per heavy atom. The minimum absolute atomic E-state index is 0.185. The van der Waals surface area contributed by atoms with Crippen LogP contribution in [0.4, 0.5) is 5.69 Å². The Morgan fingerprint density at radius 1 is 1.24 bits per heavy atom.